The van der Waals surface area contributed by atoms with Crippen molar-refractivity contribution < 1.29 is 8.78 Å². The van der Waals surface area contributed by atoms with Gasteiger partial charge in [0.25, 0.3) is 0 Å². The lowest BCUT2D eigenvalue weighted by molar-refractivity contribution is -0.0868. The van der Waals surface area contributed by atoms with Gasteiger partial charge in [-0.05, 0) is 31.4 Å². The van der Waals surface area contributed by atoms with Crippen LogP contribution in [0.15, 0.2) is 24.5 Å². The Morgan fingerprint density at radius 3 is 2.64 bits per heavy atom. The minimum absolute atomic E-state index is 0.0617. The third kappa shape index (κ3) is 2.71. The van der Waals surface area contributed by atoms with E-state index in [1.807, 2.05) is 13.1 Å². The van der Waals surface area contributed by atoms with Gasteiger partial charge in [0.1, 0.15) is 0 Å². The van der Waals surface area contributed by atoms with E-state index in [0.717, 1.165) is 42.4 Å². The van der Waals surface area contributed by atoms with Gasteiger partial charge in [0.15, 0.2) is 5.82 Å². The number of hydrogen-bond donors (Lipinski definition) is 0. The van der Waals surface area contributed by atoms with E-state index in [1.54, 1.807) is 6.20 Å². The second-order valence-corrected chi connectivity index (χ2v) is 7.92. The van der Waals surface area contributed by atoms with Crippen molar-refractivity contribution in [2.75, 3.05) is 36.5 Å². The van der Waals surface area contributed by atoms with Crippen LogP contribution < -0.4 is 9.80 Å². The van der Waals surface area contributed by atoms with E-state index in [2.05, 4.69) is 40.1 Å². The molecular formula is C19H26F2N4. The summed E-state index contributed by atoms with van der Waals surface area (Å²) >= 11 is 0. The number of halogens is 2. The Kier molecular flexibility index (Phi) is 3.79. The summed E-state index contributed by atoms with van der Waals surface area (Å²) in [5, 5.41) is 0. The maximum atomic E-state index is 13.2. The van der Waals surface area contributed by atoms with Crippen molar-refractivity contribution in [3.05, 3.63) is 30.1 Å². The predicted molar refractivity (Wildman–Crippen MR) is 96.5 cm³/mol. The zero-order valence-corrected chi connectivity index (χ0v) is 15.2. The van der Waals surface area contributed by atoms with Crippen molar-refractivity contribution in [2.24, 2.45) is 0 Å². The second-order valence-electron chi connectivity index (χ2n) is 7.92. The fourth-order valence-electron chi connectivity index (χ4n) is 4.24. The quantitative estimate of drug-likeness (QED) is 0.816. The Balaban J connectivity index is 1.63. The van der Waals surface area contributed by atoms with Crippen LogP contribution in [0, 0.1) is 0 Å². The first-order chi connectivity index (χ1) is 11.8. The average Bonchev–Trinajstić information content (AvgIpc) is 2.56. The van der Waals surface area contributed by atoms with Crippen molar-refractivity contribution in [1.82, 2.24) is 9.88 Å². The van der Waals surface area contributed by atoms with Gasteiger partial charge >= 0.3 is 0 Å². The summed E-state index contributed by atoms with van der Waals surface area (Å²) in [6, 6.07) is 2.77. The van der Waals surface area contributed by atoms with Gasteiger partial charge in [-0.25, -0.2) is 13.8 Å². The van der Waals surface area contributed by atoms with Gasteiger partial charge in [-0.3, -0.25) is 4.90 Å². The lowest BCUT2D eigenvalue weighted by atomic mass is 9.77. The summed E-state index contributed by atoms with van der Waals surface area (Å²) in [4.78, 5) is 11.6. The van der Waals surface area contributed by atoms with Crippen molar-refractivity contribution >= 4 is 11.5 Å². The van der Waals surface area contributed by atoms with E-state index in [1.165, 1.54) is 0 Å². The Labute approximate surface area is 148 Å². The Bertz CT molecular complexity index is 695. The molecule has 0 N–H and O–H groups in total. The number of fused-ring (bicyclic) bond motifs is 3. The minimum atomic E-state index is -2.51. The fourth-order valence-corrected chi connectivity index (χ4v) is 4.24. The summed E-state index contributed by atoms with van der Waals surface area (Å²) in [5.41, 5.74) is 2.96. The highest BCUT2D eigenvalue weighted by molar-refractivity contribution is 5.75. The number of piperazine rings is 1. The molecule has 3 aliphatic rings. The number of aromatic nitrogens is 1. The number of likely N-dealkylation sites (N-methyl/N-ethyl adjacent to an activating group) is 1. The third-order valence-corrected chi connectivity index (χ3v) is 6.02. The first-order valence-electron chi connectivity index (χ1n) is 9.08. The minimum Gasteiger partial charge on any atom is -0.344 e. The monoisotopic (exact) mass is 348 g/mol. The van der Waals surface area contributed by atoms with E-state index in [9.17, 15) is 8.78 Å². The Morgan fingerprint density at radius 2 is 2.00 bits per heavy atom. The van der Waals surface area contributed by atoms with E-state index < -0.39 is 5.92 Å². The molecule has 2 aliphatic heterocycles. The Morgan fingerprint density at radius 1 is 1.28 bits per heavy atom. The maximum Gasteiger partial charge on any atom is 0.249 e. The molecule has 1 saturated heterocycles. The average molecular weight is 348 g/mol. The van der Waals surface area contributed by atoms with Crippen LogP contribution in [0.4, 0.5) is 20.3 Å². The van der Waals surface area contributed by atoms with E-state index in [0.29, 0.717) is 6.04 Å². The van der Waals surface area contributed by atoms with Crippen molar-refractivity contribution in [1.29, 1.82) is 0 Å². The molecule has 1 aromatic heterocycles. The highest BCUT2D eigenvalue weighted by Crippen LogP contribution is 2.49. The number of nitrogens with zero attached hydrogens (tertiary/aromatic N) is 4. The summed E-state index contributed by atoms with van der Waals surface area (Å²) in [5.74, 6) is -1.63. The van der Waals surface area contributed by atoms with Crippen LogP contribution in [0.5, 0.6) is 0 Å². The SMILES string of the molecule is C=C1[C@@H]2CN(C(C)C)CCN2c2ncc(C3CC(F)(F)C3)cc2N1C. The standard InChI is InChI=1S/C19H26F2N4/c1-12(2)24-5-6-25-17(11-24)13(3)23(4)16-7-14(10-22-18(16)25)15-8-19(20,21)9-15/h7,10,12,15,17H,3,5-6,8-9,11H2,1-2,4H3/t17-/m0/s1. The summed E-state index contributed by atoms with van der Waals surface area (Å²) in [7, 11) is 2.01. The second kappa shape index (κ2) is 5.66. The lowest BCUT2D eigenvalue weighted by Gasteiger charge is -2.50. The summed E-state index contributed by atoms with van der Waals surface area (Å²) in [6.07, 6.45) is 1.67. The first-order valence-corrected chi connectivity index (χ1v) is 9.08. The lowest BCUT2D eigenvalue weighted by Crippen LogP contribution is -2.59. The van der Waals surface area contributed by atoms with Gasteiger partial charge in [0, 0.05) is 57.5 Å². The number of pyridine rings is 1. The van der Waals surface area contributed by atoms with Gasteiger partial charge in [-0.2, -0.15) is 0 Å². The molecule has 4 rings (SSSR count). The van der Waals surface area contributed by atoms with Crippen LogP contribution in [0.2, 0.25) is 0 Å². The molecule has 1 aromatic rings. The highest BCUT2D eigenvalue weighted by atomic mass is 19.3. The number of anilines is 2. The molecule has 6 heteroatoms. The molecule has 1 saturated carbocycles. The zero-order valence-electron chi connectivity index (χ0n) is 15.2. The highest BCUT2D eigenvalue weighted by Gasteiger charge is 2.46. The smallest absolute Gasteiger partial charge is 0.249 e. The molecule has 0 aromatic carbocycles. The van der Waals surface area contributed by atoms with E-state index in [-0.39, 0.29) is 24.8 Å². The van der Waals surface area contributed by atoms with Crippen LogP contribution in [-0.4, -0.2) is 54.6 Å². The van der Waals surface area contributed by atoms with Crippen LogP contribution in [-0.2, 0) is 0 Å². The molecule has 0 radical (unpaired) electrons. The molecule has 0 amide bonds. The maximum absolute atomic E-state index is 13.2. The van der Waals surface area contributed by atoms with E-state index >= 15 is 0 Å². The predicted octanol–water partition coefficient (Wildman–Crippen LogP) is 3.46. The zero-order chi connectivity index (χ0) is 17.9. The molecule has 0 spiro atoms. The summed E-state index contributed by atoms with van der Waals surface area (Å²) < 4.78 is 26.4. The molecule has 4 nitrogen and oxygen atoms in total. The topological polar surface area (TPSA) is 22.6 Å². The normalized spacial score (nSPS) is 26.5. The van der Waals surface area contributed by atoms with Gasteiger partial charge in [-0.15, -0.1) is 0 Å². The molecule has 3 heterocycles. The van der Waals surface area contributed by atoms with Crippen molar-refractivity contribution in [2.45, 2.75) is 50.6 Å². The largest absolute Gasteiger partial charge is 0.344 e. The molecule has 0 bridgehead atoms. The number of alkyl halides is 2. The van der Waals surface area contributed by atoms with Gasteiger partial charge in [0.05, 0.1) is 11.7 Å². The van der Waals surface area contributed by atoms with Crippen molar-refractivity contribution in [3.63, 3.8) is 0 Å². The fraction of sp³-hybridized carbons (Fsp3) is 0.632. The van der Waals surface area contributed by atoms with Crippen LogP contribution in [0.1, 0.15) is 38.2 Å². The third-order valence-electron chi connectivity index (χ3n) is 6.02. The van der Waals surface area contributed by atoms with Crippen LogP contribution in [0.25, 0.3) is 0 Å². The molecule has 1 aliphatic carbocycles. The number of rotatable bonds is 2. The van der Waals surface area contributed by atoms with Crippen LogP contribution in [0.3, 0.4) is 0 Å². The first kappa shape index (κ1) is 16.8. The van der Waals surface area contributed by atoms with Crippen molar-refractivity contribution in [3.8, 4) is 0 Å². The molecule has 2 fully saturated rings. The summed E-state index contributed by atoms with van der Waals surface area (Å²) in [6.45, 7) is 11.6. The van der Waals surface area contributed by atoms with E-state index in [4.69, 9.17) is 0 Å². The Hall–Kier alpha value is -1.69. The van der Waals surface area contributed by atoms with Gasteiger partial charge in [0.2, 0.25) is 5.92 Å². The molecule has 136 valence electrons. The van der Waals surface area contributed by atoms with Crippen LogP contribution >= 0.6 is 0 Å². The molecule has 0 unspecified atom stereocenters. The van der Waals surface area contributed by atoms with Gasteiger partial charge < -0.3 is 9.80 Å². The molecule has 25 heavy (non-hydrogen) atoms. The molecular weight excluding hydrogens is 322 g/mol. The number of hydrogen-bond acceptors (Lipinski definition) is 4. The van der Waals surface area contributed by atoms with Gasteiger partial charge in [-0.1, -0.05) is 6.58 Å². The molecule has 1 atom stereocenters.